The highest BCUT2D eigenvalue weighted by Gasteiger charge is 2.06. The van der Waals surface area contributed by atoms with E-state index in [2.05, 4.69) is 25.9 Å². The third kappa shape index (κ3) is 2.70. The number of carbonyl (C=O) groups is 1. The lowest BCUT2D eigenvalue weighted by molar-refractivity contribution is 0.0948. The molecule has 0 unspecified atom stereocenters. The van der Waals surface area contributed by atoms with E-state index in [1.54, 1.807) is 10.9 Å². The molecule has 0 aliphatic rings. The molecule has 0 fully saturated rings. The Bertz CT molecular complexity index is 705. The number of rotatable bonds is 5. The first kappa shape index (κ1) is 12.8. The zero-order valence-electron chi connectivity index (χ0n) is 10.8. The molecule has 0 atom stereocenters. The highest BCUT2D eigenvalue weighted by atomic mass is 32.1. The number of para-hydroxylation sites is 2. The van der Waals surface area contributed by atoms with Gasteiger partial charge in [-0.25, -0.2) is 9.97 Å². The van der Waals surface area contributed by atoms with Gasteiger partial charge < -0.3 is 9.88 Å². The van der Waals surface area contributed by atoms with Crippen LogP contribution in [0.1, 0.15) is 16.9 Å². The van der Waals surface area contributed by atoms with Crippen molar-refractivity contribution in [1.29, 1.82) is 0 Å². The number of imidazole rings is 1. The zero-order chi connectivity index (χ0) is 13.8. The number of carbonyl (C=O) groups excluding carboxylic acids is 1. The summed E-state index contributed by atoms with van der Waals surface area (Å²) in [5, 5.41) is 4.62. The van der Waals surface area contributed by atoms with E-state index in [0.29, 0.717) is 12.2 Å². The lowest BCUT2D eigenvalue weighted by atomic mass is 10.3. The Morgan fingerprint density at radius 3 is 3.05 bits per heavy atom. The number of hydrogen-bond donors (Lipinski definition) is 1. The Morgan fingerprint density at radius 1 is 1.30 bits per heavy atom. The fraction of sp³-hybridized carbons (Fsp3) is 0.214. The fourth-order valence-electron chi connectivity index (χ4n) is 2.06. The molecule has 2 heterocycles. The van der Waals surface area contributed by atoms with Crippen LogP contribution in [-0.4, -0.2) is 27.0 Å². The Hall–Kier alpha value is -2.21. The van der Waals surface area contributed by atoms with Crippen molar-refractivity contribution >= 4 is 28.3 Å². The molecule has 20 heavy (non-hydrogen) atoms. The number of hydrogen-bond acceptors (Lipinski definition) is 4. The standard InChI is InChI=1S/C14H14N4OS/c19-14(12-8-20-10-17-12)15-6-3-7-18-9-16-11-4-1-2-5-13(11)18/h1-2,4-5,8-10H,3,6-7H2,(H,15,19). The number of amides is 1. The largest absolute Gasteiger partial charge is 0.351 e. The molecule has 0 aliphatic carbocycles. The third-order valence-electron chi connectivity index (χ3n) is 3.05. The van der Waals surface area contributed by atoms with E-state index in [9.17, 15) is 4.79 Å². The van der Waals surface area contributed by atoms with E-state index in [4.69, 9.17) is 0 Å². The van der Waals surface area contributed by atoms with Crippen LogP contribution < -0.4 is 5.32 Å². The Balaban J connectivity index is 1.52. The quantitative estimate of drug-likeness (QED) is 0.732. The summed E-state index contributed by atoms with van der Waals surface area (Å²) in [4.78, 5) is 20.0. The number of fused-ring (bicyclic) bond motifs is 1. The van der Waals surface area contributed by atoms with Crippen LogP contribution in [0, 0.1) is 0 Å². The summed E-state index contributed by atoms with van der Waals surface area (Å²) in [5.41, 5.74) is 4.27. The highest BCUT2D eigenvalue weighted by molar-refractivity contribution is 7.07. The van der Waals surface area contributed by atoms with Crippen molar-refractivity contribution in [2.75, 3.05) is 6.54 Å². The van der Waals surface area contributed by atoms with Crippen molar-refractivity contribution in [3.63, 3.8) is 0 Å². The van der Waals surface area contributed by atoms with E-state index in [0.717, 1.165) is 24.0 Å². The fourth-order valence-corrected chi connectivity index (χ4v) is 2.59. The smallest absolute Gasteiger partial charge is 0.270 e. The second kappa shape index (κ2) is 5.83. The normalized spacial score (nSPS) is 10.8. The van der Waals surface area contributed by atoms with Crippen molar-refractivity contribution in [2.24, 2.45) is 0 Å². The van der Waals surface area contributed by atoms with Gasteiger partial charge in [0.15, 0.2) is 0 Å². The van der Waals surface area contributed by atoms with Crippen LogP contribution in [0.3, 0.4) is 0 Å². The molecule has 0 bridgehead atoms. The third-order valence-corrected chi connectivity index (χ3v) is 3.64. The van der Waals surface area contributed by atoms with Crippen molar-refractivity contribution < 1.29 is 4.79 Å². The molecular weight excluding hydrogens is 272 g/mol. The summed E-state index contributed by atoms with van der Waals surface area (Å²) in [5.74, 6) is -0.110. The van der Waals surface area contributed by atoms with Gasteiger partial charge >= 0.3 is 0 Å². The first-order chi connectivity index (χ1) is 9.84. The summed E-state index contributed by atoms with van der Waals surface area (Å²) in [6.45, 7) is 1.46. The molecule has 6 heteroatoms. The summed E-state index contributed by atoms with van der Waals surface area (Å²) in [7, 11) is 0. The molecule has 1 aromatic carbocycles. The number of thiazole rings is 1. The molecule has 0 aliphatic heterocycles. The molecule has 2 aromatic heterocycles. The van der Waals surface area contributed by atoms with Gasteiger partial charge in [0.25, 0.3) is 5.91 Å². The molecule has 0 saturated carbocycles. The summed E-state index contributed by atoms with van der Waals surface area (Å²) in [6.07, 6.45) is 2.70. The van der Waals surface area contributed by atoms with Crippen LogP contribution in [0.25, 0.3) is 11.0 Å². The van der Waals surface area contributed by atoms with Gasteiger partial charge in [-0.3, -0.25) is 4.79 Å². The van der Waals surface area contributed by atoms with Crippen LogP contribution in [0.2, 0.25) is 0 Å². The van der Waals surface area contributed by atoms with Gasteiger partial charge in [0.1, 0.15) is 5.69 Å². The minimum atomic E-state index is -0.110. The second-order valence-corrected chi connectivity index (χ2v) is 5.13. The molecule has 3 rings (SSSR count). The highest BCUT2D eigenvalue weighted by Crippen LogP contribution is 2.11. The number of nitrogens with zero attached hydrogens (tertiary/aromatic N) is 3. The summed E-state index contributed by atoms with van der Waals surface area (Å²) in [6, 6.07) is 8.03. The zero-order valence-corrected chi connectivity index (χ0v) is 11.6. The van der Waals surface area contributed by atoms with Crippen LogP contribution in [0.4, 0.5) is 0 Å². The van der Waals surface area contributed by atoms with Crippen LogP contribution >= 0.6 is 11.3 Å². The molecule has 0 saturated heterocycles. The van der Waals surface area contributed by atoms with E-state index in [1.807, 2.05) is 24.5 Å². The minimum Gasteiger partial charge on any atom is -0.351 e. The first-order valence-corrected chi connectivity index (χ1v) is 7.35. The lowest BCUT2D eigenvalue weighted by Gasteiger charge is -2.05. The van der Waals surface area contributed by atoms with E-state index < -0.39 is 0 Å². The van der Waals surface area contributed by atoms with E-state index in [1.165, 1.54) is 11.3 Å². The van der Waals surface area contributed by atoms with Crippen molar-refractivity contribution in [3.05, 3.63) is 47.2 Å². The minimum absolute atomic E-state index is 0.110. The average Bonchev–Trinajstić information content (AvgIpc) is 3.13. The van der Waals surface area contributed by atoms with Gasteiger partial charge in [-0.2, -0.15) is 0 Å². The van der Waals surface area contributed by atoms with E-state index >= 15 is 0 Å². The monoisotopic (exact) mass is 286 g/mol. The van der Waals surface area contributed by atoms with Crippen molar-refractivity contribution in [3.8, 4) is 0 Å². The maximum absolute atomic E-state index is 11.7. The number of aromatic nitrogens is 3. The first-order valence-electron chi connectivity index (χ1n) is 6.41. The molecule has 1 amide bonds. The second-order valence-electron chi connectivity index (χ2n) is 4.41. The van der Waals surface area contributed by atoms with Crippen molar-refractivity contribution in [1.82, 2.24) is 19.9 Å². The van der Waals surface area contributed by atoms with Crippen LogP contribution in [0.15, 0.2) is 41.5 Å². The van der Waals surface area contributed by atoms with Gasteiger partial charge in [0.05, 0.1) is 22.9 Å². The molecule has 102 valence electrons. The molecule has 1 N–H and O–H groups in total. The van der Waals surface area contributed by atoms with Gasteiger partial charge in [-0.05, 0) is 18.6 Å². The van der Waals surface area contributed by atoms with Gasteiger partial charge in [0.2, 0.25) is 0 Å². The maximum Gasteiger partial charge on any atom is 0.270 e. The van der Waals surface area contributed by atoms with Gasteiger partial charge in [-0.1, -0.05) is 12.1 Å². The Morgan fingerprint density at radius 2 is 2.20 bits per heavy atom. The molecule has 0 spiro atoms. The predicted molar refractivity (Wildman–Crippen MR) is 78.8 cm³/mol. The van der Waals surface area contributed by atoms with E-state index in [-0.39, 0.29) is 5.91 Å². The SMILES string of the molecule is O=C(NCCCn1cnc2ccccc21)c1cscn1. The number of benzene rings is 1. The number of aryl methyl sites for hydroxylation is 1. The topological polar surface area (TPSA) is 59.8 Å². The van der Waals surface area contributed by atoms with Crippen LogP contribution in [0.5, 0.6) is 0 Å². The average molecular weight is 286 g/mol. The lowest BCUT2D eigenvalue weighted by Crippen LogP contribution is -2.25. The predicted octanol–water partition coefficient (Wildman–Crippen LogP) is 2.31. The summed E-state index contributed by atoms with van der Waals surface area (Å²) < 4.78 is 2.10. The summed E-state index contributed by atoms with van der Waals surface area (Å²) >= 11 is 1.42. The Labute approximate surface area is 120 Å². The molecular formula is C14H14N4OS. The van der Waals surface area contributed by atoms with Crippen molar-refractivity contribution in [2.45, 2.75) is 13.0 Å². The van der Waals surface area contributed by atoms with Gasteiger partial charge in [0, 0.05) is 18.5 Å². The molecule has 3 aromatic rings. The maximum atomic E-state index is 11.7. The number of nitrogens with one attached hydrogen (secondary N) is 1. The Kier molecular flexibility index (Phi) is 3.73. The molecule has 0 radical (unpaired) electrons. The van der Waals surface area contributed by atoms with Crippen LogP contribution in [-0.2, 0) is 6.54 Å². The van der Waals surface area contributed by atoms with Gasteiger partial charge in [-0.15, -0.1) is 11.3 Å². The molecule has 5 nitrogen and oxygen atoms in total.